The van der Waals surface area contributed by atoms with Gasteiger partial charge >= 0.3 is 0 Å². The highest BCUT2D eigenvalue weighted by Gasteiger charge is 2.47. The summed E-state index contributed by atoms with van der Waals surface area (Å²) in [6, 6.07) is 0.0523. The second-order valence-corrected chi connectivity index (χ2v) is 7.01. The fourth-order valence-electron chi connectivity index (χ4n) is 3.57. The summed E-state index contributed by atoms with van der Waals surface area (Å²) >= 11 is 5.08. The molecule has 126 valence electrons. The molecule has 1 spiro atoms. The van der Waals surface area contributed by atoms with Crippen LogP contribution in [0.3, 0.4) is 0 Å². The fourth-order valence-corrected chi connectivity index (χ4v) is 3.71. The van der Waals surface area contributed by atoms with Crippen LogP contribution in [0.4, 0.5) is 11.6 Å². The van der Waals surface area contributed by atoms with E-state index in [4.69, 9.17) is 28.4 Å². The Labute approximate surface area is 140 Å². The zero-order valence-electron chi connectivity index (χ0n) is 13.5. The monoisotopic (exact) mass is 337 g/mol. The number of carbonyl (C=O) groups is 1. The molecule has 2 aliphatic rings. The molecule has 1 aromatic rings. The molecular formula is C15H23N5O2S. The summed E-state index contributed by atoms with van der Waals surface area (Å²) in [4.78, 5) is 21.2. The molecule has 3 heterocycles. The standard InChI is InChI=1S/C15H23N5O2S/c1-8(21)10-13(19-12(17)14(23)18-10)20-5-3-15(4-6-20)7-22-9(2)11(15)16/h9,11H,3-7,16H2,1-2H3,(H2,17,19)(H,18,23)/t9-,11+/m0/s1. The number of anilines is 2. The summed E-state index contributed by atoms with van der Waals surface area (Å²) in [5.41, 5.74) is 12.6. The van der Waals surface area contributed by atoms with E-state index in [0.29, 0.717) is 22.8 Å². The van der Waals surface area contributed by atoms with Crippen molar-refractivity contribution in [1.82, 2.24) is 9.97 Å². The number of hydrogen-bond acceptors (Lipinski definition) is 7. The highest BCUT2D eigenvalue weighted by molar-refractivity contribution is 7.71. The molecule has 0 aliphatic carbocycles. The molecule has 0 radical (unpaired) electrons. The van der Waals surface area contributed by atoms with Crippen molar-refractivity contribution in [2.24, 2.45) is 11.1 Å². The van der Waals surface area contributed by atoms with E-state index >= 15 is 0 Å². The first-order valence-corrected chi connectivity index (χ1v) is 8.28. The number of nitrogens with two attached hydrogens (primary N) is 2. The fraction of sp³-hybridized carbons (Fsp3) is 0.667. The lowest BCUT2D eigenvalue weighted by molar-refractivity contribution is 0.0970. The Balaban J connectivity index is 1.85. The number of H-pyrrole nitrogens is 1. The molecule has 2 fully saturated rings. The number of aromatic nitrogens is 2. The van der Waals surface area contributed by atoms with E-state index in [0.717, 1.165) is 25.9 Å². The summed E-state index contributed by atoms with van der Waals surface area (Å²) in [7, 11) is 0. The van der Waals surface area contributed by atoms with Gasteiger partial charge in [0.25, 0.3) is 0 Å². The van der Waals surface area contributed by atoms with E-state index in [2.05, 4.69) is 14.9 Å². The Morgan fingerprint density at radius 3 is 2.65 bits per heavy atom. The van der Waals surface area contributed by atoms with Crippen molar-refractivity contribution in [1.29, 1.82) is 0 Å². The first-order chi connectivity index (χ1) is 10.8. The van der Waals surface area contributed by atoms with Gasteiger partial charge < -0.3 is 26.1 Å². The lowest BCUT2D eigenvalue weighted by Crippen LogP contribution is -2.51. The number of Topliss-reactive ketones (excluding diaryl/α,β-unsaturated/α-hetero) is 1. The second kappa shape index (κ2) is 5.85. The Bertz CT molecular complexity index is 681. The van der Waals surface area contributed by atoms with Crippen molar-refractivity contribution >= 4 is 29.6 Å². The molecule has 2 atom stereocenters. The van der Waals surface area contributed by atoms with Gasteiger partial charge in [-0.25, -0.2) is 4.98 Å². The molecule has 8 heteroatoms. The second-order valence-electron chi connectivity index (χ2n) is 6.60. The summed E-state index contributed by atoms with van der Waals surface area (Å²) in [5, 5.41) is 0. The van der Waals surface area contributed by atoms with E-state index in [9.17, 15) is 4.79 Å². The minimum atomic E-state index is -0.103. The highest BCUT2D eigenvalue weighted by Crippen LogP contribution is 2.42. The average molecular weight is 337 g/mol. The van der Waals surface area contributed by atoms with Gasteiger partial charge in [0.15, 0.2) is 17.4 Å². The predicted molar refractivity (Wildman–Crippen MR) is 91.1 cm³/mol. The van der Waals surface area contributed by atoms with Crippen molar-refractivity contribution in [3.8, 4) is 0 Å². The molecule has 0 aromatic carbocycles. The van der Waals surface area contributed by atoms with Gasteiger partial charge in [0.2, 0.25) is 0 Å². The van der Waals surface area contributed by atoms with Gasteiger partial charge in [0, 0.05) is 31.5 Å². The van der Waals surface area contributed by atoms with Crippen LogP contribution in [0.25, 0.3) is 0 Å². The summed E-state index contributed by atoms with van der Waals surface area (Å²) in [6.45, 7) is 5.76. The number of hydrogen-bond donors (Lipinski definition) is 3. The molecule has 7 nitrogen and oxygen atoms in total. The van der Waals surface area contributed by atoms with Crippen molar-refractivity contribution < 1.29 is 9.53 Å². The molecular weight excluding hydrogens is 314 g/mol. The molecule has 1 aromatic heterocycles. The zero-order chi connectivity index (χ0) is 16.8. The van der Waals surface area contributed by atoms with Gasteiger partial charge in [0.1, 0.15) is 10.3 Å². The van der Waals surface area contributed by atoms with E-state index < -0.39 is 0 Å². The Morgan fingerprint density at radius 2 is 2.13 bits per heavy atom. The van der Waals surface area contributed by atoms with Crippen LogP contribution in [0.1, 0.15) is 37.2 Å². The molecule has 2 saturated heterocycles. The smallest absolute Gasteiger partial charge is 0.179 e. The van der Waals surface area contributed by atoms with E-state index in [-0.39, 0.29) is 29.2 Å². The quantitative estimate of drug-likeness (QED) is 0.550. The van der Waals surface area contributed by atoms with E-state index in [1.807, 2.05) is 6.92 Å². The summed E-state index contributed by atoms with van der Waals surface area (Å²) < 4.78 is 6.04. The number of carbonyl (C=O) groups excluding carboxylic acids is 1. The molecule has 2 aliphatic heterocycles. The van der Waals surface area contributed by atoms with Crippen molar-refractivity contribution in [3.05, 3.63) is 10.3 Å². The van der Waals surface area contributed by atoms with Gasteiger partial charge in [-0.05, 0) is 19.8 Å². The van der Waals surface area contributed by atoms with Crippen LogP contribution in [-0.2, 0) is 4.74 Å². The normalized spacial score (nSPS) is 26.7. The summed E-state index contributed by atoms with van der Waals surface area (Å²) in [6.07, 6.45) is 1.91. The molecule has 0 unspecified atom stereocenters. The Kier molecular flexibility index (Phi) is 4.16. The first-order valence-electron chi connectivity index (χ1n) is 7.87. The summed E-state index contributed by atoms with van der Waals surface area (Å²) in [5.74, 6) is 0.724. The van der Waals surface area contributed by atoms with Crippen LogP contribution >= 0.6 is 12.2 Å². The molecule has 0 bridgehead atoms. The SMILES string of the molecule is CC(=O)c1[nH]c(=S)c(N)nc1N1CCC2(CC1)CO[C@@H](C)[C@H]2N. The minimum absolute atomic E-state index is 0.0273. The average Bonchev–Trinajstić information content (AvgIpc) is 2.79. The van der Waals surface area contributed by atoms with Crippen molar-refractivity contribution in [2.45, 2.75) is 38.8 Å². The largest absolute Gasteiger partial charge is 0.381 e. The van der Waals surface area contributed by atoms with Crippen LogP contribution in [0.2, 0.25) is 0 Å². The van der Waals surface area contributed by atoms with Crippen LogP contribution in [0.5, 0.6) is 0 Å². The highest BCUT2D eigenvalue weighted by atomic mass is 32.1. The third kappa shape index (κ3) is 2.75. The maximum Gasteiger partial charge on any atom is 0.179 e. The number of nitrogen functional groups attached to an aromatic ring is 1. The van der Waals surface area contributed by atoms with Gasteiger partial charge in [-0.15, -0.1) is 0 Å². The number of nitrogens with one attached hydrogen (secondary N) is 1. The molecule has 23 heavy (non-hydrogen) atoms. The molecule has 5 N–H and O–H groups in total. The minimum Gasteiger partial charge on any atom is -0.381 e. The predicted octanol–water partition coefficient (Wildman–Crippen LogP) is 1.26. The third-order valence-corrected chi connectivity index (χ3v) is 5.49. The maximum atomic E-state index is 11.9. The van der Waals surface area contributed by atoms with Gasteiger partial charge in [-0.1, -0.05) is 12.2 Å². The van der Waals surface area contributed by atoms with Crippen LogP contribution in [0.15, 0.2) is 0 Å². The number of ether oxygens (including phenoxy) is 1. The van der Waals surface area contributed by atoms with Gasteiger partial charge in [0.05, 0.1) is 12.7 Å². The van der Waals surface area contributed by atoms with Gasteiger partial charge in [-0.3, -0.25) is 4.79 Å². The number of piperidine rings is 1. The van der Waals surface area contributed by atoms with Crippen LogP contribution in [-0.4, -0.2) is 47.6 Å². The lowest BCUT2D eigenvalue weighted by Gasteiger charge is -2.41. The third-order valence-electron chi connectivity index (χ3n) is 5.18. The van der Waals surface area contributed by atoms with Crippen molar-refractivity contribution in [3.63, 3.8) is 0 Å². The van der Waals surface area contributed by atoms with Crippen LogP contribution < -0.4 is 16.4 Å². The first kappa shape index (κ1) is 16.4. The Morgan fingerprint density at radius 1 is 1.48 bits per heavy atom. The number of rotatable bonds is 2. The number of ketones is 1. The molecule has 3 rings (SSSR count). The topological polar surface area (TPSA) is 110 Å². The van der Waals surface area contributed by atoms with E-state index in [1.165, 1.54) is 6.92 Å². The molecule has 0 amide bonds. The van der Waals surface area contributed by atoms with Gasteiger partial charge in [-0.2, -0.15) is 0 Å². The number of aromatic amines is 1. The van der Waals surface area contributed by atoms with Crippen LogP contribution in [0, 0.1) is 10.1 Å². The number of nitrogens with zero attached hydrogens (tertiary/aromatic N) is 2. The van der Waals surface area contributed by atoms with Crippen molar-refractivity contribution in [2.75, 3.05) is 30.3 Å². The van der Waals surface area contributed by atoms with E-state index in [1.54, 1.807) is 0 Å². The lowest BCUT2D eigenvalue weighted by atomic mass is 9.73. The maximum absolute atomic E-state index is 11.9. The zero-order valence-corrected chi connectivity index (χ0v) is 14.3. The molecule has 0 saturated carbocycles. The Hall–Kier alpha value is -1.51.